The molecule has 1 rings (SSSR count). The second kappa shape index (κ2) is 6.52. The predicted octanol–water partition coefficient (Wildman–Crippen LogP) is 1.57. The first-order chi connectivity index (χ1) is 7.72. The minimum absolute atomic E-state index is 0.0685. The number of hydrogen-bond acceptors (Lipinski definition) is 2. The molecule has 0 saturated heterocycles. The van der Waals surface area contributed by atoms with Crippen molar-refractivity contribution >= 4 is 5.91 Å². The molecule has 0 radical (unpaired) electrons. The number of carbonyl (C=O) groups is 1. The van der Waals surface area contributed by atoms with Crippen molar-refractivity contribution in [2.24, 2.45) is 0 Å². The van der Waals surface area contributed by atoms with Gasteiger partial charge in [0, 0.05) is 12.5 Å². The Morgan fingerprint density at radius 2 is 2.06 bits per heavy atom. The van der Waals surface area contributed by atoms with E-state index >= 15 is 0 Å². The summed E-state index contributed by atoms with van der Waals surface area (Å²) in [6, 6.07) is 7.55. The van der Waals surface area contributed by atoms with E-state index in [1.165, 1.54) is 6.92 Å². The summed E-state index contributed by atoms with van der Waals surface area (Å²) >= 11 is 0. The minimum Gasteiger partial charge on any atom is -0.494 e. The van der Waals surface area contributed by atoms with Gasteiger partial charge in [0.2, 0.25) is 5.91 Å². The standard InChI is InChI=1S/C13H15NO2/c1-3-16-13-8-6-12(7-9-13)5-4-10-14-11(2)15/h6-9H,3,10H2,1-2H3,(H,14,15). The van der Waals surface area contributed by atoms with Crippen LogP contribution in [0.3, 0.4) is 0 Å². The van der Waals surface area contributed by atoms with Crippen LogP contribution >= 0.6 is 0 Å². The summed E-state index contributed by atoms with van der Waals surface area (Å²) in [5, 5.41) is 2.61. The summed E-state index contributed by atoms with van der Waals surface area (Å²) in [5.41, 5.74) is 0.911. The van der Waals surface area contributed by atoms with E-state index in [4.69, 9.17) is 4.74 Å². The molecular formula is C13H15NO2. The second-order valence-corrected chi connectivity index (χ2v) is 3.17. The van der Waals surface area contributed by atoms with Gasteiger partial charge in [0.05, 0.1) is 13.2 Å². The Bertz CT molecular complexity index is 398. The van der Waals surface area contributed by atoms with Crippen LogP contribution in [0.2, 0.25) is 0 Å². The Labute approximate surface area is 95.8 Å². The Balaban J connectivity index is 2.51. The first-order valence-corrected chi connectivity index (χ1v) is 5.18. The van der Waals surface area contributed by atoms with Crippen LogP contribution in [0.1, 0.15) is 19.4 Å². The molecule has 1 amide bonds. The summed E-state index contributed by atoms with van der Waals surface area (Å²) in [7, 11) is 0. The van der Waals surface area contributed by atoms with E-state index in [9.17, 15) is 4.79 Å². The van der Waals surface area contributed by atoms with Crippen LogP contribution in [0.25, 0.3) is 0 Å². The van der Waals surface area contributed by atoms with E-state index in [-0.39, 0.29) is 5.91 Å². The van der Waals surface area contributed by atoms with Gasteiger partial charge >= 0.3 is 0 Å². The third kappa shape index (κ3) is 4.52. The monoisotopic (exact) mass is 217 g/mol. The molecule has 0 aliphatic heterocycles. The summed E-state index contributed by atoms with van der Waals surface area (Å²) in [6.45, 7) is 4.45. The number of benzene rings is 1. The van der Waals surface area contributed by atoms with Gasteiger partial charge in [-0.2, -0.15) is 0 Å². The van der Waals surface area contributed by atoms with Crippen molar-refractivity contribution < 1.29 is 9.53 Å². The Hall–Kier alpha value is -1.95. The summed E-state index contributed by atoms with van der Waals surface area (Å²) in [4.78, 5) is 10.6. The molecule has 0 saturated carbocycles. The van der Waals surface area contributed by atoms with Gasteiger partial charge in [0.1, 0.15) is 5.75 Å². The van der Waals surface area contributed by atoms with Crippen molar-refractivity contribution in [2.45, 2.75) is 13.8 Å². The molecule has 0 spiro atoms. The lowest BCUT2D eigenvalue weighted by Gasteiger charge is -2.01. The van der Waals surface area contributed by atoms with Crippen LogP contribution in [0.5, 0.6) is 5.75 Å². The van der Waals surface area contributed by atoms with E-state index in [0.29, 0.717) is 13.2 Å². The van der Waals surface area contributed by atoms with Gasteiger partial charge in [0.25, 0.3) is 0 Å². The fourth-order valence-electron chi connectivity index (χ4n) is 1.12. The van der Waals surface area contributed by atoms with Crippen molar-refractivity contribution in [2.75, 3.05) is 13.2 Å². The molecular weight excluding hydrogens is 202 g/mol. The zero-order valence-corrected chi connectivity index (χ0v) is 9.54. The first kappa shape index (κ1) is 12.1. The highest BCUT2D eigenvalue weighted by molar-refractivity contribution is 5.73. The van der Waals surface area contributed by atoms with Gasteiger partial charge in [-0.25, -0.2) is 0 Å². The molecule has 0 aliphatic carbocycles. The maximum Gasteiger partial charge on any atom is 0.217 e. The molecule has 0 bridgehead atoms. The lowest BCUT2D eigenvalue weighted by atomic mass is 10.2. The molecule has 1 aromatic rings. The fraction of sp³-hybridized carbons (Fsp3) is 0.308. The zero-order chi connectivity index (χ0) is 11.8. The second-order valence-electron chi connectivity index (χ2n) is 3.17. The highest BCUT2D eigenvalue weighted by Crippen LogP contribution is 2.10. The SMILES string of the molecule is CCOc1ccc(C#CCNC(C)=O)cc1. The predicted molar refractivity (Wildman–Crippen MR) is 63.2 cm³/mol. The molecule has 1 N–H and O–H groups in total. The molecule has 84 valence electrons. The lowest BCUT2D eigenvalue weighted by molar-refractivity contribution is -0.118. The molecule has 3 nitrogen and oxygen atoms in total. The molecule has 0 atom stereocenters. The van der Waals surface area contributed by atoms with Crippen LogP contribution in [0.4, 0.5) is 0 Å². The van der Waals surface area contributed by atoms with Gasteiger partial charge < -0.3 is 10.1 Å². The Morgan fingerprint density at radius 3 is 2.62 bits per heavy atom. The van der Waals surface area contributed by atoms with Gasteiger partial charge in [-0.1, -0.05) is 11.8 Å². The quantitative estimate of drug-likeness (QED) is 0.780. The average molecular weight is 217 g/mol. The van der Waals surface area contributed by atoms with Crippen LogP contribution in [-0.2, 0) is 4.79 Å². The maximum absolute atomic E-state index is 10.6. The number of amides is 1. The van der Waals surface area contributed by atoms with Crippen molar-refractivity contribution in [3.63, 3.8) is 0 Å². The third-order valence-corrected chi connectivity index (χ3v) is 1.82. The van der Waals surface area contributed by atoms with Crippen molar-refractivity contribution in [1.29, 1.82) is 0 Å². The molecule has 0 heterocycles. The van der Waals surface area contributed by atoms with Crippen LogP contribution in [0, 0.1) is 11.8 Å². The van der Waals surface area contributed by atoms with E-state index in [0.717, 1.165) is 11.3 Å². The first-order valence-electron chi connectivity index (χ1n) is 5.18. The third-order valence-electron chi connectivity index (χ3n) is 1.82. The number of carbonyl (C=O) groups excluding carboxylic acids is 1. The van der Waals surface area contributed by atoms with E-state index in [2.05, 4.69) is 17.2 Å². The normalized spacial score (nSPS) is 8.88. The number of rotatable bonds is 3. The Kier molecular flexibility index (Phi) is 4.94. The van der Waals surface area contributed by atoms with Crippen LogP contribution in [0.15, 0.2) is 24.3 Å². The minimum atomic E-state index is -0.0685. The summed E-state index contributed by atoms with van der Waals surface area (Å²) < 4.78 is 5.31. The topological polar surface area (TPSA) is 38.3 Å². The molecule has 3 heteroatoms. The van der Waals surface area contributed by atoms with Gasteiger partial charge in [-0.15, -0.1) is 0 Å². The molecule has 0 fully saturated rings. The largest absolute Gasteiger partial charge is 0.494 e. The van der Waals surface area contributed by atoms with Crippen molar-refractivity contribution in [1.82, 2.24) is 5.32 Å². The molecule has 0 unspecified atom stereocenters. The number of ether oxygens (including phenoxy) is 1. The van der Waals surface area contributed by atoms with Gasteiger partial charge in [-0.3, -0.25) is 4.79 Å². The average Bonchev–Trinajstić information content (AvgIpc) is 2.27. The molecule has 0 aliphatic rings. The van der Waals surface area contributed by atoms with Gasteiger partial charge in [0.15, 0.2) is 0 Å². The zero-order valence-electron chi connectivity index (χ0n) is 9.54. The lowest BCUT2D eigenvalue weighted by Crippen LogP contribution is -2.19. The molecule has 1 aromatic carbocycles. The van der Waals surface area contributed by atoms with Crippen LogP contribution < -0.4 is 10.1 Å². The van der Waals surface area contributed by atoms with Crippen molar-refractivity contribution in [3.8, 4) is 17.6 Å². The van der Waals surface area contributed by atoms with Crippen LogP contribution in [-0.4, -0.2) is 19.1 Å². The highest BCUT2D eigenvalue weighted by Gasteiger charge is 1.91. The summed E-state index contributed by atoms with van der Waals surface area (Å²) in [6.07, 6.45) is 0. The van der Waals surface area contributed by atoms with Crippen molar-refractivity contribution in [3.05, 3.63) is 29.8 Å². The number of hydrogen-bond donors (Lipinski definition) is 1. The number of nitrogens with one attached hydrogen (secondary N) is 1. The highest BCUT2D eigenvalue weighted by atomic mass is 16.5. The molecule has 0 aromatic heterocycles. The maximum atomic E-state index is 10.6. The van der Waals surface area contributed by atoms with E-state index < -0.39 is 0 Å². The fourth-order valence-corrected chi connectivity index (χ4v) is 1.12. The Morgan fingerprint density at radius 1 is 1.38 bits per heavy atom. The van der Waals surface area contributed by atoms with Gasteiger partial charge in [-0.05, 0) is 31.2 Å². The van der Waals surface area contributed by atoms with E-state index in [1.54, 1.807) is 0 Å². The molecule has 16 heavy (non-hydrogen) atoms. The smallest absolute Gasteiger partial charge is 0.217 e. The summed E-state index contributed by atoms with van der Waals surface area (Å²) in [5.74, 6) is 6.58. The van der Waals surface area contributed by atoms with E-state index in [1.807, 2.05) is 31.2 Å².